The largest absolute Gasteiger partial charge is 0.356 e. The van der Waals surface area contributed by atoms with Gasteiger partial charge in [-0.1, -0.05) is 18.2 Å². The summed E-state index contributed by atoms with van der Waals surface area (Å²) >= 11 is 1.63. The maximum absolute atomic E-state index is 12.2. The van der Waals surface area contributed by atoms with Crippen LogP contribution in [0.5, 0.6) is 0 Å². The van der Waals surface area contributed by atoms with Crippen LogP contribution in [0.25, 0.3) is 21.6 Å². The number of imidazole rings is 1. The van der Waals surface area contributed by atoms with Crippen molar-refractivity contribution in [1.82, 2.24) is 25.3 Å². The van der Waals surface area contributed by atoms with Gasteiger partial charge in [-0.25, -0.2) is 9.97 Å². The molecule has 0 bridgehead atoms. The summed E-state index contributed by atoms with van der Waals surface area (Å²) in [5.74, 6) is -0.105. The standard InChI is InChI=1S/C20H19N5O2S/c26-18(8-7-16-20(27)25-14-5-2-1-4-13(14)24-16)21-10-9-15-19(23-12-22-15)17-6-3-11-28-17/h1-6,11-12H,7-10H2,(H,21,26)(H,22,23)(H,25,27). The lowest BCUT2D eigenvalue weighted by Crippen LogP contribution is -2.27. The van der Waals surface area contributed by atoms with Crippen molar-refractivity contribution in [2.75, 3.05) is 6.54 Å². The van der Waals surface area contributed by atoms with Crippen molar-refractivity contribution in [2.45, 2.75) is 19.3 Å². The fraction of sp³-hybridized carbons (Fsp3) is 0.200. The number of nitrogens with zero attached hydrogens (tertiary/aromatic N) is 2. The highest BCUT2D eigenvalue weighted by Crippen LogP contribution is 2.25. The van der Waals surface area contributed by atoms with Crippen LogP contribution in [-0.4, -0.2) is 32.4 Å². The van der Waals surface area contributed by atoms with Gasteiger partial charge in [-0.2, -0.15) is 0 Å². The van der Waals surface area contributed by atoms with Crippen LogP contribution in [0.15, 0.2) is 52.9 Å². The monoisotopic (exact) mass is 393 g/mol. The second kappa shape index (κ2) is 8.18. The molecule has 1 aromatic carbocycles. The first-order chi connectivity index (χ1) is 13.7. The molecule has 142 valence electrons. The van der Waals surface area contributed by atoms with Crippen molar-refractivity contribution in [2.24, 2.45) is 0 Å². The molecule has 3 aromatic heterocycles. The molecule has 0 saturated heterocycles. The summed E-state index contributed by atoms with van der Waals surface area (Å²) in [5.41, 5.74) is 3.47. The number of carbonyl (C=O) groups excluding carboxylic acids is 1. The zero-order chi connectivity index (χ0) is 19.3. The number of aromatic nitrogens is 4. The molecule has 0 saturated carbocycles. The predicted octanol–water partition coefficient (Wildman–Crippen LogP) is 2.67. The van der Waals surface area contributed by atoms with Crippen LogP contribution in [0, 0.1) is 0 Å². The summed E-state index contributed by atoms with van der Waals surface area (Å²) in [6.07, 6.45) is 2.85. The maximum Gasteiger partial charge on any atom is 0.270 e. The molecule has 0 fully saturated rings. The number of aryl methyl sites for hydroxylation is 1. The maximum atomic E-state index is 12.2. The summed E-state index contributed by atoms with van der Waals surface area (Å²) in [5, 5.41) is 4.91. The summed E-state index contributed by atoms with van der Waals surface area (Å²) < 4.78 is 0. The van der Waals surface area contributed by atoms with Crippen molar-refractivity contribution in [1.29, 1.82) is 0 Å². The van der Waals surface area contributed by atoms with Gasteiger partial charge < -0.3 is 15.3 Å². The van der Waals surface area contributed by atoms with Gasteiger partial charge in [0.2, 0.25) is 5.91 Å². The molecule has 0 unspecified atom stereocenters. The molecule has 3 heterocycles. The highest BCUT2D eigenvalue weighted by Gasteiger charge is 2.11. The number of thiophene rings is 1. The van der Waals surface area contributed by atoms with Gasteiger partial charge in [-0.05, 0) is 23.6 Å². The van der Waals surface area contributed by atoms with E-state index in [1.54, 1.807) is 23.7 Å². The molecule has 4 rings (SSSR count). The lowest BCUT2D eigenvalue weighted by atomic mass is 10.2. The minimum absolute atomic E-state index is 0.105. The Hall–Kier alpha value is -3.26. The third kappa shape index (κ3) is 4.01. The normalized spacial score (nSPS) is 11.0. The number of rotatable bonds is 7. The highest BCUT2D eigenvalue weighted by atomic mass is 32.1. The number of amides is 1. The molecule has 7 nitrogen and oxygen atoms in total. The SMILES string of the molecule is O=C(CCc1nc2ccccc2[nH]c1=O)NCCc1[nH]cnc1-c1cccs1. The van der Waals surface area contributed by atoms with E-state index >= 15 is 0 Å². The number of benzene rings is 1. The number of carbonyl (C=O) groups is 1. The Balaban J connectivity index is 1.31. The minimum atomic E-state index is -0.246. The van der Waals surface area contributed by atoms with E-state index in [0.29, 0.717) is 30.6 Å². The van der Waals surface area contributed by atoms with Crippen LogP contribution in [0.4, 0.5) is 0 Å². The lowest BCUT2D eigenvalue weighted by Gasteiger charge is -2.06. The quantitative estimate of drug-likeness (QED) is 0.449. The smallest absolute Gasteiger partial charge is 0.270 e. The second-order valence-corrected chi connectivity index (χ2v) is 7.28. The molecule has 3 N–H and O–H groups in total. The number of hydrogen-bond donors (Lipinski definition) is 3. The average Bonchev–Trinajstić information content (AvgIpc) is 3.38. The topological polar surface area (TPSA) is 104 Å². The van der Waals surface area contributed by atoms with Crippen molar-refractivity contribution >= 4 is 28.3 Å². The minimum Gasteiger partial charge on any atom is -0.356 e. The van der Waals surface area contributed by atoms with Crippen LogP contribution >= 0.6 is 11.3 Å². The zero-order valence-corrected chi connectivity index (χ0v) is 15.9. The number of fused-ring (bicyclic) bond motifs is 1. The molecule has 0 radical (unpaired) electrons. The molecule has 8 heteroatoms. The molecule has 1 amide bonds. The van der Waals surface area contributed by atoms with Crippen molar-refractivity contribution in [3.63, 3.8) is 0 Å². The van der Waals surface area contributed by atoms with E-state index in [1.165, 1.54) is 0 Å². The summed E-state index contributed by atoms with van der Waals surface area (Å²) in [6, 6.07) is 11.4. The molecule has 0 aliphatic rings. The van der Waals surface area contributed by atoms with E-state index in [-0.39, 0.29) is 17.9 Å². The highest BCUT2D eigenvalue weighted by molar-refractivity contribution is 7.13. The van der Waals surface area contributed by atoms with Crippen LogP contribution in [0.3, 0.4) is 0 Å². The number of hydrogen-bond acceptors (Lipinski definition) is 5. The molecule has 0 aliphatic carbocycles. The Morgan fingerprint density at radius 1 is 1.14 bits per heavy atom. The molecule has 28 heavy (non-hydrogen) atoms. The second-order valence-electron chi connectivity index (χ2n) is 6.34. The summed E-state index contributed by atoms with van der Waals surface area (Å²) in [7, 11) is 0. The molecule has 0 aliphatic heterocycles. The number of para-hydroxylation sites is 2. The van der Waals surface area contributed by atoms with Crippen LogP contribution < -0.4 is 10.9 Å². The third-order valence-electron chi connectivity index (χ3n) is 4.43. The first-order valence-electron chi connectivity index (χ1n) is 9.01. The van der Waals surface area contributed by atoms with Gasteiger partial charge in [0.25, 0.3) is 5.56 Å². The Labute approximate surface area is 164 Å². The van der Waals surface area contributed by atoms with Crippen molar-refractivity contribution < 1.29 is 4.79 Å². The van der Waals surface area contributed by atoms with Crippen LogP contribution in [0.2, 0.25) is 0 Å². The summed E-state index contributed by atoms with van der Waals surface area (Å²) in [4.78, 5) is 40.0. The van der Waals surface area contributed by atoms with E-state index < -0.39 is 0 Å². The van der Waals surface area contributed by atoms with Crippen LogP contribution in [0.1, 0.15) is 17.8 Å². The van der Waals surface area contributed by atoms with Gasteiger partial charge in [0.05, 0.1) is 22.2 Å². The Morgan fingerprint density at radius 2 is 2.04 bits per heavy atom. The summed E-state index contributed by atoms with van der Waals surface area (Å²) in [6.45, 7) is 0.501. The predicted molar refractivity (Wildman–Crippen MR) is 109 cm³/mol. The molecular weight excluding hydrogens is 374 g/mol. The van der Waals surface area contributed by atoms with E-state index in [2.05, 4.69) is 25.3 Å². The van der Waals surface area contributed by atoms with E-state index in [0.717, 1.165) is 21.8 Å². The molecule has 0 atom stereocenters. The van der Waals surface area contributed by atoms with Crippen LogP contribution in [-0.2, 0) is 17.6 Å². The first-order valence-corrected chi connectivity index (χ1v) is 9.89. The van der Waals surface area contributed by atoms with E-state index in [4.69, 9.17) is 0 Å². The fourth-order valence-electron chi connectivity index (χ4n) is 3.02. The number of aromatic amines is 2. The van der Waals surface area contributed by atoms with Gasteiger partial charge in [-0.3, -0.25) is 9.59 Å². The molecular formula is C20H19N5O2S. The van der Waals surface area contributed by atoms with Gasteiger partial charge in [0, 0.05) is 31.5 Å². The average molecular weight is 393 g/mol. The van der Waals surface area contributed by atoms with E-state index in [1.807, 2.05) is 35.7 Å². The lowest BCUT2D eigenvalue weighted by molar-refractivity contribution is -0.121. The number of H-pyrrole nitrogens is 2. The molecule has 0 spiro atoms. The Bertz CT molecular complexity index is 1150. The Kier molecular flexibility index (Phi) is 5.29. The fourth-order valence-corrected chi connectivity index (χ4v) is 3.77. The van der Waals surface area contributed by atoms with Crippen molar-refractivity contribution in [3.8, 4) is 10.6 Å². The Morgan fingerprint density at radius 3 is 2.89 bits per heavy atom. The van der Waals surface area contributed by atoms with Gasteiger partial charge >= 0.3 is 0 Å². The van der Waals surface area contributed by atoms with Crippen molar-refractivity contribution in [3.05, 3.63) is 69.8 Å². The van der Waals surface area contributed by atoms with Gasteiger partial charge in [0.15, 0.2) is 0 Å². The first kappa shape index (κ1) is 18.1. The third-order valence-corrected chi connectivity index (χ3v) is 5.31. The van der Waals surface area contributed by atoms with E-state index in [9.17, 15) is 9.59 Å². The number of nitrogens with one attached hydrogen (secondary N) is 3. The van der Waals surface area contributed by atoms with Gasteiger partial charge in [-0.15, -0.1) is 11.3 Å². The zero-order valence-electron chi connectivity index (χ0n) is 15.1. The molecule has 4 aromatic rings. The van der Waals surface area contributed by atoms with Gasteiger partial charge in [0.1, 0.15) is 11.4 Å².